The van der Waals surface area contributed by atoms with E-state index in [1.165, 1.54) is 6.92 Å². The minimum Gasteiger partial charge on any atom is -0.460 e. The van der Waals surface area contributed by atoms with Crippen LogP contribution in [0.1, 0.15) is 71.6 Å². The van der Waals surface area contributed by atoms with Crippen LogP contribution < -0.4 is 21.7 Å². The van der Waals surface area contributed by atoms with Gasteiger partial charge in [0.15, 0.2) is 0 Å². The standard InChI is InChI=1S/C33H44N4O7S/c1-20(35-26(38)18-22-13-15-23(16-14-22)28(34)45)29(40)36-24(19-27(39)43-32(2,3)4)30(41)37-25(31(42)44-33(5,6)7)17-21-11-9-8-10-12-21/h8-16,20,24-25H,17-19H2,1-7H3,(H2,34,45)(H,35,38)(H,36,40)(H,37,41)/t20-,24-,25-/m0/s1. The van der Waals surface area contributed by atoms with Gasteiger partial charge in [0.05, 0.1) is 12.8 Å². The first-order valence-electron chi connectivity index (χ1n) is 14.6. The molecule has 0 aliphatic carbocycles. The lowest BCUT2D eigenvalue weighted by Crippen LogP contribution is -2.56. The molecule has 2 rings (SSSR count). The zero-order valence-electron chi connectivity index (χ0n) is 26.9. The third kappa shape index (κ3) is 13.9. The van der Waals surface area contributed by atoms with E-state index in [2.05, 4.69) is 16.0 Å². The van der Waals surface area contributed by atoms with E-state index in [9.17, 15) is 24.0 Å². The van der Waals surface area contributed by atoms with Crippen molar-refractivity contribution in [1.82, 2.24) is 16.0 Å². The normalized spacial score (nSPS) is 13.4. The maximum Gasteiger partial charge on any atom is 0.329 e. The molecule has 5 N–H and O–H groups in total. The lowest BCUT2D eigenvalue weighted by atomic mass is 10.0. The average molecular weight is 641 g/mol. The number of hydrogen-bond acceptors (Lipinski definition) is 8. The lowest BCUT2D eigenvalue weighted by molar-refractivity contribution is -0.159. The Balaban J connectivity index is 2.20. The molecule has 0 aliphatic heterocycles. The zero-order valence-corrected chi connectivity index (χ0v) is 27.7. The van der Waals surface area contributed by atoms with Gasteiger partial charge in [-0.15, -0.1) is 0 Å². The van der Waals surface area contributed by atoms with Crippen molar-refractivity contribution in [2.75, 3.05) is 0 Å². The molecular formula is C33H44N4O7S. The van der Waals surface area contributed by atoms with Crippen molar-refractivity contribution < 1.29 is 33.4 Å². The minimum atomic E-state index is -1.42. The van der Waals surface area contributed by atoms with Crippen molar-refractivity contribution >= 4 is 46.9 Å². The van der Waals surface area contributed by atoms with Crippen molar-refractivity contribution in [3.63, 3.8) is 0 Å². The summed E-state index contributed by atoms with van der Waals surface area (Å²) in [6, 6.07) is 12.2. The molecule has 0 bridgehead atoms. The van der Waals surface area contributed by atoms with E-state index in [4.69, 9.17) is 27.4 Å². The first kappa shape index (κ1) is 36.9. The van der Waals surface area contributed by atoms with Crippen LogP contribution in [-0.4, -0.2) is 64.0 Å². The Morgan fingerprint density at radius 1 is 0.756 bits per heavy atom. The van der Waals surface area contributed by atoms with Gasteiger partial charge in [-0.2, -0.15) is 0 Å². The fourth-order valence-electron chi connectivity index (χ4n) is 4.07. The fraction of sp³-hybridized carbons (Fsp3) is 0.455. The number of ether oxygens (including phenoxy) is 2. The highest BCUT2D eigenvalue weighted by atomic mass is 32.1. The van der Waals surface area contributed by atoms with E-state index < -0.39 is 65.4 Å². The van der Waals surface area contributed by atoms with Gasteiger partial charge in [0.2, 0.25) is 17.7 Å². The van der Waals surface area contributed by atoms with E-state index in [1.54, 1.807) is 90.1 Å². The van der Waals surface area contributed by atoms with Gasteiger partial charge in [0.25, 0.3) is 0 Å². The highest BCUT2D eigenvalue weighted by Crippen LogP contribution is 2.14. The molecule has 0 spiro atoms. The molecule has 2 aromatic carbocycles. The molecule has 2 aromatic rings. The van der Waals surface area contributed by atoms with Gasteiger partial charge in [-0.05, 0) is 59.6 Å². The van der Waals surface area contributed by atoms with Crippen LogP contribution in [0.4, 0.5) is 0 Å². The van der Waals surface area contributed by atoms with E-state index in [1.807, 2.05) is 6.07 Å². The molecule has 11 nitrogen and oxygen atoms in total. The number of nitrogens with two attached hydrogens (primary N) is 1. The van der Waals surface area contributed by atoms with E-state index in [0.717, 1.165) is 5.56 Å². The third-order valence-corrected chi connectivity index (χ3v) is 6.32. The molecule has 0 aromatic heterocycles. The molecule has 0 heterocycles. The first-order valence-corrected chi connectivity index (χ1v) is 15.0. The second kappa shape index (κ2) is 16.1. The Labute approximate surface area is 270 Å². The van der Waals surface area contributed by atoms with Gasteiger partial charge in [0, 0.05) is 12.0 Å². The summed E-state index contributed by atoms with van der Waals surface area (Å²) >= 11 is 4.94. The molecular weight excluding hydrogens is 596 g/mol. The topological polar surface area (TPSA) is 166 Å². The smallest absolute Gasteiger partial charge is 0.329 e. The molecule has 3 amide bonds. The highest BCUT2D eigenvalue weighted by molar-refractivity contribution is 7.80. The second-order valence-corrected chi connectivity index (χ2v) is 13.1. The Kier molecular flexibility index (Phi) is 13.2. The molecule has 3 atom stereocenters. The number of carbonyl (C=O) groups excluding carboxylic acids is 5. The van der Waals surface area contributed by atoms with Gasteiger partial charge >= 0.3 is 11.9 Å². The number of benzene rings is 2. The maximum atomic E-state index is 13.6. The van der Waals surface area contributed by atoms with E-state index in [0.29, 0.717) is 11.1 Å². The zero-order chi connectivity index (χ0) is 33.9. The van der Waals surface area contributed by atoms with Gasteiger partial charge in [0.1, 0.15) is 34.3 Å². The van der Waals surface area contributed by atoms with Gasteiger partial charge in [-0.3, -0.25) is 19.2 Å². The summed E-state index contributed by atoms with van der Waals surface area (Å²) in [6.45, 7) is 11.6. The number of nitrogens with one attached hydrogen (secondary N) is 3. The van der Waals surface area contributed by atoms with Crippen molar-refractivity contribution in [2.45, 2.75) is 97.1 Å². The van der Waals surface area contributed by atoms with Crippen LogP contribution in [0.5, 0.6) is 0 Å². The molecule has 244 valence electrons. The number of hydrogen-bond donors (Lipinski definition) is 4. The SMILES string of the molecule is C[C@H](NC(=O)Cc1ccc(C(N)=S)cc1)C(=O)N[C@@H](CC(=O)OC(C)(C)C)C(=O)N[C@@H](Cc1ccccc1)C(=O)OC(C)(C)C. The van der Waals surface area contributed by atoms with E-state index in [-0.39, 0.29) is 17.8 Å². The Morgan fingerprint density at radius 2 is 1.31 bits per heavy atom. The fourth-order valence-corrected chi connectivity index (χ4v) is 4.21. The van der Waals surface area contributed by atoms with Crippen LogP contribution in [-0.2, 0) is 46.3 Å². The highest BCUT2D eigenvalue weighted by Gasteiger charge is 2.33. The van der Waals surface area contributed by atoms with Crippen LogP contribution in [0.2, 0.25) is 0 Å². The molecule has 0 radical (unpaired) electrons. The van der Waals surface area contributed by atoms with Crippen molar-refractivity contribution in [3.05, 3.63) is 71.3 Å². The summed E-state index contributed by atoms with van der Waals surface area (Å²) in [4.78, 5) is 65.5. The third-order valence-electron chi connectivity index (χ3n) is 6.09. The number of esters is 2. The Hall–Kier alpha value is -4.32. The summed E-state index contributed by atoms with van der Waals surface area (Å²) in [5, 5.41) is 7.77. The van der Waals surface area contributed by atoms with Crippen molar-refractivity contribution in [2.24, 2.45) is 5.73 Å². The summed E-state index contributed by atoms with van der Waals surface area (Å²) in [6.07, 6.45) is -0.426. The molecule has 0 unspecified atom stereocenters. The molecule has 0 fully saturated rings. The molecule has 0 saturated carbocycles. The number of carbonyl (C=O) groups is 5. The number of thiocarbonyl (C=S) groups is 1. The summed E-state index contributed by atoms with van der Waals surface area (Å²) < 4.78 is 10.9. The van der Waals surface area contributed by atoms with Gasteiger partial charge in [-0.1, -0.05) is 66.8 Å². The van der Waals surface area contributed by atoms with Crippen LogP contribution in [0.25, 0.3) is 0 Å². The predicted molar refractivity (Wildman–Crippen MR) is 174 cm³/mol. The number of rotatable bonds is 13. The Morgan fingerprint density at radius 3 is 1.84 bits per heavy atom. The van der Waals surface area contributed by atoms with Crippen LogP contribution in [0, 0.1) is 0 Å². The average Bonchev–Trinajstić information content (AvgIpc) is 2.91. The van der Waals surface area contributed by atoms with Crippen molar-refractivity contribution in [1.29, 1.82) is 0 Å². The molecule has 12 heteroatoms. The van der Waals surface area contributed by atoms with Crippen molar-refractivity contribution in [3.8, 4) is 0 Å². The van der Waals surface area contributed by atoms with Crippen LogP contribution >= 0.6 is 12.2 Å². The van der Waals surface area contributed by atoms with Gasteiger partial charge in [-0.25, -0.2) is 4.79 Å². The molecule has 0 saturated heterocycles. The summed E-state index contributed by atoms with van der Waals surface area (Å²) in [5.74, 6) is -3.37. The molecule has 45 heavy (non-hydrogen) atoms. The van der Waals surface area contributed by atoms with Crippen LogP contribution in [0.3, 0.4) is 0 Å². The minimum absolute atomic E-state index is 0.0197. The summed E-state index contributed by atoms with van der Waals surface area (Å²) in [7, 11) is 0. The lowest BCUT2D eigenvalue weighted by Gasteiger charge is -2.27. The maximum absolute atomic E-state index is 13.6. The number of amides is 3. The second-order valence-electron chi connectivity index (χ2n) is 12.7. The van der Waals surface area contributed by atoms with Crippen LogP contribution in [0.15, 0.2) is 54.6 Å². The molecule has 0 aliphatic rings. The quantitative estimate of drug-likeness (QED) is 0.190. The van der Waals surface area contributed by atoms with E-state index >= 15 is 0 Å². The first-order chi connectivity index (χ1) is 20.8. The Bertz CT molecular complexity index is 1370. The largest absolute Gasteiger partial charge is 0.460 e. The monoisotopic (exact) mass is 640 g/mol. The van der Waals surface area contributed by atoms with Gasteiger partial charge < -0.3 is 31.2 Å². The summed E-state index contributed by atoms with van der Waals surface area (Å²) in [5.41, 5.74) is 6.04. The predicted octanol–water partition coefficient (Wildman–Crippen LogP) is 2.65.